The number of fused-ring (bicyclic) bond motifs is 1. The molecule has 7 heteroatoms. The first-order valence-corrected chi connectivity index (χ1v) is 8.43. The van der Waals surface area contributed by atoms with Crippen LogP contribution in [0.4, 0.5) is 5.69 Å². The zero-order valence-corrected chi connectivity index (χ0v) is 15.0. The molecule has 1 aromatic heterocycles. The highest BCUT2D eigenvalue weighted by Gasteiger charge is 2.17. The van der Waals surface area contributed by atoms with Gasteiger partial charge in [0.25, 0.3) is 0 Å². The smallest absolute Gasteiger partial charge is 0.224 e. The summed E-state index contributed by atoms with van der Waals surface area (Å²) in [7, 11) is 1.61. The van der Waals surface area contributed by atoms with Gasteiger partial charge in [-0.15, -0.1) is 23.7 Å². The molecule has 2 N–H and O–H groups in total. The lowest BCUT2D eigenvalue weighted by molar-refractivity contribution is -0.116. The fourth-order valence-corrected chi connectivity index (χ4v) is 3.69. The van der Waals surface area contributed by atoms with Crippen molar-refractivity contribution in [1.29, 1.82) is 0 Å². The van der Waals surface area contributed by atoms with Gasteiger partial charge in [0.1, 0.15) is 5.75 Å². The van der Waals surface area contributed by atoms with Crippen molar-refractivity contribution in [3.05, 3.63) is 17.1 Å². The van der Waals surface area contributed by atoms with Gasteiger partial charge in [0.2, 0.25) is 5.91 Å². The molecule has 23 heavy (non-hydrogen) atoms. The molecule has 0 saturated carbocycles. The Labute approximate surface area is 146 Å². The van der Waals surface area contributed by atoms with Gasteiger partial charge < -0.3 is 15.4 Å². The number of ether oxygens (including phenoxy) is 1. The molecule has 1 aliphatic heterocycles. The molecule has 2 heterocycles. The van der Waals surface area contributed by atoms with Crippen LogP contribution < -0.4 is 15.4 Å². The van der Waals surface area contributed by atoms with E-state index in [1.165, 1.54) is 6.42 Å². The van der Waals surface area contributed by atoms with E-state index in [0.29, 0.717) is 18.1 Å². The SMILES string of the molecule is COc1cc2nc(C)sc2cc1NC(=O)CCC1CCNC1.Cl. The number of hydrogen-bond donors (Lipinski definition) is 2. The van der Waals surface area contributed by atoms with E-state index >= 15 is 0 Å². The summed E-state index contributed by atoms with van der Waals surface area (Å²) in [4.78, 5) is 16.6. The van der Waals surface area contributed by atoms with Crippen LogP contribution in [0.2, 0.25) is 0 Å². The highest BCUT2D eigenvalue weighted by atomic mass is 35.5. The van der Waals surface area contributed by atoms with Crippen molar-refractivity contribution in [1.82, 2.24) is 10.3 Å². The van der Waals surface area contributed by atoms with E-state index in [0.717, 1.165) is 40.4 Å². The minimum Gasteiger partial charge on any atom is -0.494 e. The number of rotatable bonds is 5. The van der Waals surface area contributed by atoms with Crippen molar-refractivity contribution < 1.29 is 9.53 Å². The molecule has 1 saturated heterocycles. The van der Waals surface area contributed by atoms with E-state index in [2.05, 4.69) is 15.6 Å². The predicted octanol–water partition coefficient (Wildman–Crippen LogP) is 3.36. The van der Waals surface area contributed by atoms with Crippen LogP contribution in [0.25, 0.3) is 10.2 Å². The van der Waals surface area contributed by atoms with E-state index in [1.807, 2.05) is 19.1 Å². The monoisotopic (exact) mass is 355 g/mol. The van der Waals surface area contributed by atoms with Crippen molar-refractivity contribution in [2.75, 3.05) is 25.5 Å². The number of aryl methyl sites for hydroxylation is 1. The first-order valence-electron chi connectivity index (χ1n) is 7.61. The van der Waals surface area contributed by atoms with Crippen LogP contribution in [0, 0.1) is 12.8 Å². The van der Waals surface area contributed by atoms with Crippen LogP contribution >= 0.6 is 23.7 Å². The molecule has 3 rings (SSSR count). The second kappa shape index (κ2) is 7.95. The Morgan fingerprint density at radius 2 is 2.35 bits per heavy atom. The number of benzene rings is 1. The topological polar surface area (TPSA) is 63.2 Å². The van der Waals surface area contributed by atoms with Crippen LogP contribution in [-0.4, -0.2) is 31.1 Å². The molecule has 1 amide bonds. The zero-order chi connectivity index (χ0) is 15.5. The fraction of sp³-hybridized carbons (Fsp3) is 0.500. The normalized spacial score (nSPS) is 17.0. The largest absolute Gasteiger partial charge is 0.494 e. The van der Waals surface area contributed by atoms with Crippen molar-refractivity contribution in [3.63, 3.8) is 0 Å². The zero-order valence-electron chi connectivity index (χ0n) is 13.3. The molecule has 2 aromatic rings. The minimum atomic E-state index is 0. The molecular weight excluding hydrogens is 334 g/mol. The van der Waals surface area contributed by atoms with Gasteiger partial charge in [0.05, 0.1) is 28.0 Å². The van der Waals surface area contributed by atoms with Crippen molar-refractivity contribution in [2.45, 2.75) is 26.2 Å². The fourth-order valence-electron chi connectivity index (χ4n) is 2.85. The highest BCUT2D eigenvalue weighted by Crippen LogP contribution is 2.33. The van der Waals surface area contributed by atoms with Gasteiger partial charge in [-0.05, 0) is 44.8 Å². The van der Waals surface area contributed by atoms with E-state index in [-0.39, 0.29) is 18.3 Å². The molecule has 1 fully saturated rings. The Kier molecular flexibility index (Phi) is 6.21. The molecule has 0 radical (unpaired) electrons. The van der Waals surface area contributed by atoms with Crippen LogP contribution in [0.15, 0.2) is 12.1 Å². The van der Waals surface area contributed by atoms with Gasteiger partial charge in [-0.3, -0.25) is 4.79 Å². The number of anilines is 1. The van der Waals surface area contributed by atoms with Gasteiger partial charge in [-0.1, -0.05) is 0 Å². The molecular formula is C16H22ClN3O2S. The number of amides is 1. The number of methoxy groups -OCH3 is 1. The van der Waals surface area contributed by atoms with E-state index in [9.17, 15) is 4.79 Å². The molecule has 0 bridgehead atoms. The Balaban J connectivity index is 0.00000192. The second-order valence-electron chi connectivity index (χ2n) is 5.70. The number of carbonyl (C=O) groups is 1. The van der Waals surface area contributed by atoms with E-state index < -0.39 is 0 Å². The van der Waals surface area contributed by atoms with Crippen LogP contribution in [0.3, 0.4) is 0 Å². The molecule has 1 atom stereocenters. The summed E-state index contributed by atoms with van der Waals surface area (Å²) in [6.45, 7) is 4.08. The van der Waals surface area contributed by atoms with Gasteiger partial charge in [0, 0.05) is 12.5 Å². The first-order chi connectivity index (χ1) is 10.7. The Morgan fingerprint density at radius 1 is 1.52 bits per heavy atom. The standard InChI is InChI=1S/C16H21N3O2S.ClH/c1-10-18-13-7-14(21-2)12(8-15(13)22-10)19-16(20)4-3-11-5-6-17-9-11;/h7-8,11,17H,3-6,9H2,1-2H3,(H,19,20);1H. The summed E-state index contributed by atoms with van der Waals surface area (Å²) in [5, 5.41) is 7.32. The summed E-state index contributed by atoms with van der Waals surface area (Å²) in [6.07, 6.45) is 2.65. The van der Waals surface area contributed by atoms with Gasteiger partial charge in [-0.2, -0.15) is 0 Å². The van der Waals surface area contributed by atoms with Crippen molar-refractivity contribution >= 4 is 45.6 Å². The van der Waals surface area contributed by atoms with Crippen molar-refractivity contribution in [3.8, 4) is 5.75 Å². The van der Waals surface area contributed by atoms with Gasteiger partial charge in [-0.25, -0.2) is 4.98 Å². The number of thiazole rings is 1. The highest BCUT2D eigenvalue weighted by molar-refractivity contribution is 7.18. The summed E-state index contributed by atoms with van der Waals surface area (Å²) in [6, 6.07) is 3.84. The third kappa shape index (κ3) is 4.34. The molecule has 1 unspecified atom stereocenters. The molecule has 5 nitrogen and oxygen atoms in total. The second-order valence-corrected chi connectivity index (χ2v) is 6.93. The number of nitrogens with zero attached hydrogens (tertiary/aromatic N) is 1. The van der Waals surface area contributed by atoms with Crippen molar-refractivity contribution in [2.24, 2.45) is 5.92 Å². The number of carbonyl (C=O) groups excluding carboxylic acids is 1. The Hall–Kier alpha value is -1.37. The average Bonchev–Trinajstić information content (AvgIpc) is 3.12. The maximum absolute atomic E-state index is 12.2. The summed E-state index contributed by atoms with van der Waals surface area (Å²) >= 11 is 1.62. The lowest BCUT2D eigenvalue weighted by Crippen LogP contribution is -2.15. The molecule has 126 valence electrons. The first kappa shape index (κ1) is 18.0. The maximum Gasteiger partial charge on any atom is 0.224 e. The van der Waals surface area contributed by atoms with Crippen LogP contribution in [0.5, 0.6) is 5.75 Å². The Morgan fingerprint density at radius 3 is 3.04 bits per heavy atom. The third-order valence-corrected chi connectivity index (χ3v) is 4.97. The number of nitrogens with one attached hydrogen (secondary N) is 2. The minimum absolute atomic E-state index is 0. The molecule has 1 aliphatic rings. The Bertz CT molecular complexity index is 683. The molecule has 0 spiro atoms. The summed E-state index contributed by atoms with van der Waals surface area (Å²) in [5.41, 5.74) is 1.64. The predicted molar refractivity (Wildman–Crippen MR) is 97.0 cm³/mol. The molecule has 1 aromatic carbocycles. The number of hydrogen-bond acceptors (Lipinski definition) is 5. The van der Waals surface area contributed by atoms with Gasteiger partial charge in [0.15, 0.2) is 0 Å². The van der Waals surface area contributed by atoms with E-state index in [1.54, 1.807) is 18.4 Å². The third-order valence-electron chi connectivity index (χ3n) is 4.03. The number of halogens is 1. The van der Waals surface area contributed by atoms with Crippen LogP contribution in [-0.2, 0) is 4.79 Å². The quantitative estimate of drug-likeness (QED) is 0.863. The lowest BCUT2D eigenvalue weighted by Gasteiger charge is -2.11. The van der Waals surface area contributed by atoms with Gasteiger partial charge >= 0.3 is 0 Å². The summed E-state index contributed by atoms with van der Waals surface area (Å²) < 4.78 is 6.44. The molecule has 0 aliphatic carbocycles. The lowest BCUT2D eigenvalue weighted by atomic mass is 10.0. The van der Waals surface area contributed by atoms with E-state index in [4.69, 9.17) is 4.74 Å². The van der Waals surface area contributed by atoms with Crippen LogP contribution in [0.1, 0.15) is 24.3 Å². The average molecular weight is 356 g/mol. The summed E-state index contributed by atoms with van der Waals surface area (Å²) in [5.74, 6) is 1.33. The maximum atomic E-state index is 12.2. The number of aromatic nitrogens is 1.